The van der Waals surface area contributed by atoms with Crippen LogP contribution in [0.25, 0.3) is 5.69 Å². The maximum atomic E-state index is 12.6. The topological polar surface area (TPSA) is 97.2 Å². The van der Waals surface area contributed by atoms with Crippen LogP contribution in [0, 0.1) is 6.92 Å². The molecule has 0 unspecified atom stereocenters. The smallest absolute Gasteiger partial charge is 0.291 e. The Hall–Kier alpha value is -2.75. The van der Waals surface area contributed by atoms with Gasteiger partial charge in [-0.1, -0.05) is 37.6 Å². The van der Waals surface area contributed by atoms with Gasteiger partial charge in [0.1, 0.15) is 5.82 Å². The fourth-order valence-electron chi connectivity index (χ4n) is 3.07. The highest BCUT2D eigenvalue weighted by molar-refractivity contribution is 7.89. The molecule has 0 spiro atoms. The van der Waals surface area contributed by atoms with Crippen LogP contribution in [0.15, 0.2) is 53.4 Å². The summed E-state index contributed by atoms with van der Waals surface area (Å²) in [5, 5.41) is 7.64. The van der Waals surface area contributed by atoms with E-state index in [1.54, 1.807) is 74.0 Å². The molecule has 0 aliphatic carbocycles. The van der Waals surface area contributed by atoms with E-state index >= 15 is 0 Å². The third kappa shape index (κ3) is 5.12. The van der Waals surface area contributed by atoms with Crippen molar-refractivity contribution in [2.45, 2.75) is 32.2 Å². The van der Waals surface area contributed by atoms with Crippen LogP contribution >= 0.6 is 11.6 Å². The Morgan fingerprint density at radius 3 is 2.26 bits per heavy atom. The fraction of sp³-hybridized carbons (Fsp3) is 0.286. The molecular formula is C21H24ClN5O3S. The molecule has 0 saturated heterocycles. The number of halogens is 1. The highest BCUT2D eigenvalue weighted by Gasteiger charge is 2.21. The molecule has 3 rings (SSSR count). The first-order chi connectivity index (χ1) is 14.8. The molecule has 1 heterocycles. The zero-order valence-electron chi connectivity index (χ0n) is 17.5. The van der Waals surface area contributed by atoms with Crippen molar-refractivity contribution >= 4 is 27.5 Å². The Morgan fingerprint density at radius 2 is 1.68 bits per heavy atom. The lowest BCUT2D eigenvalue weighted by molar-refractivity contribution is 0.0940. The van der Waals surface area contributed by atoms with E-state index in [0.29, 0.717) is 23.9 Å². The molecule has 0 bridgehead atoms. The minimum atomic E-state index is -3.51. The maximum absolute atomic E-state index is 12.6. The molecule has 1 amide bonds. The summed E-state index contributed by atoms with van der Waals surface area (Å²) in [6, 6.07) is 13.5. The van der Waals surface area contributed by atoms with Gasteiger partial charge >= 0.3 is 0 Å². The monoisotopic (exact) mass is 461 g/mol. The van der Waals surface area contributed by atoms with Crippen molar-refractivity contribution in [3.05, 3.63) is 70.8 Å². The first kappa shape index (κ1) is 22.9. The highest BCUT2D eigenvalue weighted by Crippen LogP contribution is 2.17. The Bertz CT molecular complexity index is 1150. The molecule has 1 aromatic heterocycles. The molecule has 10 heteroatoms. The lowest BCUT2D eigenvalue weighted by Gasteiger charge is -2.18. The van der Waals surface area contributed by atoms with E-state index in [4.69, 9.17) is 11.6 Å². The van der Waals surface area contributed by atoms with Gasteiger partial charge in [0.05, 0.1) is 10.6 Å². The van der Waals surface area contributed by atoms with Gasteiger partial charge in [-0.05, 0) is 48.9 Å². The van der Waals surface area contributed by atoms with E-state index in [-0.39, 0.29) is 17.3 Å². The van der Waals surface area contributed by atoms with Gasteiger partial charge in [-0.25, -0.2) is 18.1 Å². The third-order valence-electron chi connectivity index (χ3n) is 4.76. The molecule has 1 N–H and O–H groups in total. The van der Waals surface area contributed by atoms with Crippen LogP contribution < -0.4 is 5.32 Å². The van der Waals surface area contributed by atoms with Crippen molar-refractivity contribution in [2.75, 3.05) is 13.1 Å². The van der Waals surface area contributed by atoms with Gasteiger partial charge in [-0.15, -0.1) is 5.10 Å². The summed E-state index contributed by atoms with van der Waals surface area (Å²) in [6.45, 7) is 6.40. The summed E-state index contributed by atoms with van der Waals surface area (Å²) in [5.74, 6) is 0.197. The van der Waals surface area contributed by atoms with Gasteiger partial charge in [0.25, 0.3) is 5.91 Å². The number of amides is 1. The van der Waals surface area contributed by atoms with E-state index in [9.17, 15) is 13.2 Å². The Labute approximate surface area is 186 Å². The Balaban J connectivity index is 1.67. The summed E-state index contributed by atoms with van der Waals surface area (Å²) >= 11 is 5.91. The van der Waals surface area contributed by atoms with Gasteiger partial charge in [0.2, 0.25) is 15.8 Å². The van der Waals surface area contributed by atoms with Gasteiger partial charge in [-0.3, -0.25) is 4.79 Å². The van der Waals surface area contributed by atoms with Crippen molar-refractivity contribution in [2.24, 2.45) is 0 Å². The van der Waals surface area contributed by atoms with Gasteiger partial charge < -0.3 is 5.32 Å². The van der Waals surface area contributed by atoms with E-state index < -0.39 is 15.9 Å². The first-order valence-corrected chi connectivity index (χ1v) is 11.6. The minimum absolute atomic E-state index is 0.0492. The third-order valence-corrected chi connectivity index (χ3v) is 7.08. The number of carbonyl (C=O) groups excluding carboxylic acids is 1. The molecule has 164 valence electrons. The summed E-state index contributed by atoms with van der Waals surface area (Å²) in [5.41, 5.74) is 1.51. The average Bonchev–Trinajstić information content (AvgIpc) is 3.15. The van der Waals surface area contributed by atoms with Crippen molar-refractivity contribution in [3.63, 3.8) is 0 Å². The molecule has 0 saturated carbocycles. The number of nitrogens with zero attached hydrogens (tertiary/aromatic N) is 4. The Kier molecular flexibility index (Phi) is 7.09. The molecule has 0 aliphatic heterocycles. The molecule has 0 fully saturated rings. The average molecular weight is 462 g/mol. The number of hydrogen-bond donors (Lipinski definition) is 1. The number of nitrogens with one attached hydrogen (secondary N) is 1. The molecule has 0 atom stereocenters. The zero-order valence-corrected chi connectivity index (χ0v) is 19.1. The zero-order chi connectivity index (χ0) is 22.6. The van der Waals surface area contributed by atoms with E-state index in [2.05, 4.69) is 15.4 Å². The van der Waals surface area contributed by atoms with Crippen LogP contribution in [0.2, 0.25) is 5.02 Å². The molecular weight excluding hydrogens is 438 g/mol. The molecule has 31 heavy (non-hydrogen) atoms. The minimum Gasteiger partial charge on any atom is -0.345 e. The predicted molar refractivity (Wildman–Crippen MR) is 119 cm³/mol. The van der Waals surface area contributed by atoms with Crippen LogP contribution in [0.1, 0.15) is 35.9 Å². The SMILES string of the molecule is CCN(CC)S(=O)(=O)c1ccc(CNC(=O)c2nc(C)n(-c3ccc(Cl)cc3)n2)cc1. The largest absolute Gasteiger partial charge is 0.345 e. The number of aryl methyl sites for hydroxylation is 1. The summed E-state index contributed by atoms with van der Waals surface area (Å²) in [7, 11) is -3.51. The predicted octanol–water partition coefficient (Wildman–Crippen LogP) is 3.19. The summed E-state index contributed by atoms with van der Waals surface area (Å²) in [6.07, 6.45) is 0. The summed E-state index contributed by atoms with van der Waals surface area (Å²) in [4.78, 5) is 16.9. The van der Waals surface area contributed by atoms with Crippen LogP contribution in [0.5, 0.6) is 0 Å². The molecule has 2 aromatic carbocycles. The highest BCUT2D eigenvalue weighted by atomic mass is 35.5. The quantitative estimate of drug-likeness (QED) is 0.555. The number of aromatic nitrogens is 3. The first-order valence-electron chi connectivity index (χ1n) is 9.83. The van der Waals surface area contributed by atoms with Gasteiger partial charge in [0, 0.05) is 24.7 Å². The second-order valence-corrected chi connectivity index (χ2v) is 9.16. The van der Waals surface area contributed by atoms with Crippen molar-refractivity contribution in [1.29, 1.82) is 0 Å². The second-order valence-electron chi connectivity index (χ2n) is 6.79. The Morgan fingerprint density at radius 1 is 1.06 bits per heavy atom. The summed E-state index contributed by atoms with van der Waals surface area (Å²) < 4.78 is 28.1. The number of hydrogen-bond acceptors (Lipinski definition) is 5. The van der Waals surface area contributed by atoms with Crippen LogP contribution in [-0.2, 0) is 16.6 Å². The fourth-order valence-corrected chi connectivity index (χ4v) is 4.65. The molecule has 8 nitrogen and oxygen atoms in total. The molecule has 0 radical (unpaired) electrons. The number of sulfonamides is 1. The second kappa shape index (κ2) is 9.59. The number of benzene rings is 2. The van der Waals surface area contributed by atoms with Crippen molar-refractivity contribution in [1.82, 2.24) is 24.4 Å². The van der Waals surface area contributed by atoms with Gasteiger partial charge in [-0.2, -0.15) is 4.31 Å². The van der Waals surface area contributed by atoms with Crippen LogP contribution in [0.3, 0.4) is 0 Å². The van der Waals surface area contributed by atoms with Gasteiger partial charge in [0.15, 0.2) is 0 Å². The lowest BCUT2D eigenvalue weighted by Crippen LogP contribution is -2.30. The normalized spacial score (nSPS) is 11.6. The van der Waals surface area contributed by atoms with Crippen molar-refractivity contribution < 1.29 is 13.2 Å². The number of carbonyl (C=O) groups is 1. The molecule has 3 aromatic rings. The van der Waals surface area contributed by atoms with Crippen LogP contribution in [0.4, 0.5) is 0 Å². The lowest BCUT2D eigenvalue weighted by atomic mass is 10.2. The molecule has 0 aliphatic rings. The van der Waals surface area contributed by atoms with Crippen molar-refractivity contribution in [3.8, 4) is 5.69 Å². The van der Waals surface area contributed by atoms with E-state index in [1.807, 2.05) is 0 Å². The van der Waals surface area contributed by atoms with Crippen LogP contribution in [-0.4, -0.2) is 46.5 Å². The van der Waals surface area contributed by atoms with E-state index in [1.165, 1.54) is 4.31 Å². The maximum Gasteiger partial charge on any atom is 0.291 e. The van der Waals surface area contributed by atoms with E-state index in [0.717, 1.165) is 11.3 Å². The number of rotatable bonds is 8. The standard InChI is InChI=1S/C21H24ClN5O3S/c1-4-26(5-2)31(29,30)19-12-6-16(7-13-19)14-23-21(28)20-24-15(3)27(25-20)18-10-8-17(22)9-11-18/h6-13H,4-5,14H2,1-3H3,(H,23,28).